The van der Waals surface area contributed by atoms with E-state index in [0.717, 1.165) is 12.1 Å². The molecule has 0 saturated carbocycles. The molecule has 0 bridgehead atoms. The number of carbonyl (C=O) groups excluding carboxylic acids is 1. The first-order chi connectivity index (χ1) is 7.63. The predicted molar refractivity (Wildman–Crippen MR) is 56.2 cm³/mol. The van der Waals surface area contributed by atoms with Crippen LogP contribution in [0.2, 0.25) is 0 Å². The van der Waals surface area contributed by atoms with Crippen LogP contribution >= 0.6 is 0 Å². The summed E-state index contributed by atoms with van der Waals surface area (Å²) in [5.74, 6) is -1.94. The molecule has 1 unspecified atom stereocenters. The summed E-state index contributed by atoms with van der Waals surface area (Å²) in [5.41, 5.74) is 0.404. The summed E-state index contributed by atoms with van der Waals surface area (Å²) in [6.45, 7) is 0.523. The summed E-state index contributed by atoms with van der Waals surface area (Å²) in [5, 5.41) is 2.88. The van der Waals surface area contributed by atoms with Gasteiger partial charge in [0.1, 0.15) is 0 Å². The van der Waals surface area contributed by atoms with Crippen LogP contribution in [-0.4, -0.2) is 25.5 Å². The van der Waals surface area contributed by atoms with E-state index in [9.17, 15) is 13.6 Å². The zero-order valence-corrected chi connectivity index (χ0v) is 8.84. The maximum absolute atomic E-state index is 13.0. The van der Waals surface area contributed by atoms with Gasteiger partial charge in [0, 0.05) is 18.3 Å². The van der Waals surface area contributed by atoms with Gasteiger partial charge in [-0.05, 0) is 25.6 Å². The Morgan fingerprint density at radius 1 is 1.38 bits per heavy atom. The highest BCUT2D eigenvalue weighted by Gasteiger charge is 2.31. The fourth-order valence-electron chi connectivity index (χ4n) is 1.86. The number of anilines is 1. The third-order valence-corrected chi connectivity index (χ3v) is 2.77. The van der Waals surface area contributed by atoms with Gasteiger partial charge in [-0.3, -0.25) is 4.79 Å². The van der Waals surface area contributed by atoms with Gasteiger partial charge in [-0.1, -0.05) is 0 Å². The number of halogens is 2. The number of likely N-dealkylation sites (N-methyl/N-ethyl adjacent to an activating group) is 1. The molecule has 5 heteroatoms. The van der Waals surface area contributed by atoms with Gasteiger partial charge in [0.15, 0.2) is 11.6 Å². The number of nitrogens with one attached hydrogen (secondary N) is 1. The second kappa shape index (κ2) is 4.17. The highest BCUT2D eigenvalue weighted by atomic mass is 19.2. The van der Waals surface area contributed by atoms with Crippen molar-refractivity contribution in [3.8, 4) is 0 Å². The van der Waals surface area contributed by atoms with E-state index in [-0.39, 0.29) is 11.9 Å². The van der Waals surface area contributed by atoms with Crippen molar-refractivity contribution in [1.82, 2.24) is 5.32 Å². The molecule has 0 aromatic heterocycles. The normalized spacial score (nSPS) is 20.6. The van der Waals surface area contributed by atoms with E-state index in [0.29, 0.717) is 18.7 Å². The van der Waals surface area contributed by atoms with Crippen molar-refractivity contribution in [1.29, 1.82) is 0 Å². The molecule has 2 rings (SSSR count). The summed E-state index contributed by atoms with van der Waals surface area (Å²) in [6, 6.07) is 3.26. The first-order valence-electron chi connectivity index (χ1n) is 5.07. The number of nitrogens with zero attached hydrogens (tertiary/aromatic N) is 1. The van der Waals surface area contributed by atoms with Crippen LogP contribution < -0.4 is 10.2 Å². The molecule has 1 atom stereocenters. The van der Waals surface area contributed by atoms with Gasteiger partial charge < -0.3 is 10.2 Å². The highest BCUT2D eigenvalue weighted by molar-refractivity contribution is 5.99. The zero-order valence-electron chi connectivity index (χ0n) is 8.84. The fourth-order valence-corrected chi connectivity index (χ4v) is 1.86. The topological polar surface area (TPSA) is 32.3 Å². The monoisotopic (exact) mass is 226 g/mol. The summed E-state index contributed by atoms with van der Waals surface area (Å²) in [6.07, 6.45) is 0.675. The van der Waals surface area contributed by atoms with Crippen molar-refractivity contribution in [2.75, 3.05) is 18.5 Å². The average Bonchev–Trinajstić information content (AvgIpc) is 2.64. The predicted octanol–water partition coefficient (Wildman–Crippen LogP) is 1.29. The van der Waals surface area contributed by atoms with E-state index in [1.54, 1.807) is 7.05 Å². The lowest BCUT2D eigenvalue weighted by molar-refractivity contribution is -0.118. The van der Waals surface area contributed by atoms with Crippen LogP contribution in [0.5, 0.6) is 0 Å². The van der Waals surface area contributed by atoms with E-state index in [4.69, 9.17) is 0 Å². The smallest absolute Gasteiger partial charge is 0.244 e. The lowest BCUT2D eigenvalue weighted by Crippen LogP contribution is -2.36. The van der Waals surface area contributed by atoms with Crippen LogP contribution in [-0.2, 0) is 4.79 Å². The summed E-state index contributed by atoms with van der Waals surface area (Å²) in [7, 11) is 1.71. The van der Waals surface area contributed by atoms with Crippen LogP contribution in [0.15, 0.2) is 18.2 Å². The molecule has 16 heavy (non-hydrogen) atoms. The molecule has 1 saturated heterocycles. The van der Waals surface area contributed by atoms with Crippen molar-refractivity contribution < 1.29 is 13.6 Å². The minimum absolute atomic E-state index is 0.103. The van der Waals surface area contributed by atoms with E-state index in [2.05, 4.69) is 5.32 Å². The average molecular weight is 226 g/mol. The van der Waals surface area contributed by atoms with Gasteiger partial charge in [-0.15, -0.1) is 0 Å². The number of amides is 1. The SMILES string of the molecule is CNC1CCN(c2ccc(F)c(F)c2)C1=O. The summed E-state index contributed by atoms with van der Waals surface area (Å²) >= 11 is 0. The Morgan fingerprint density at radius 2 is 2.12 bits per heavy atom. The summed E-state index contributed by atoms with van der Waals surface area (Å²) in [4.78, 5) is 13.2. The van der Waals surface area contributed by atoms with Crippen molar-refractivity contribution in [3.63, 3.8) is 0 Å². The molecule has 3 nitrogen and oxygen atoms in total. The van der Waals surface area contributed by atoms with Crippen LogP contribution in [0, 0.1) is 11.6 Å². The first-order valence-corrected chi connectivity index (χ1v) is 5.07. The molecule has 1 aromatic carbocycles. The van der Waals surface area contributed by atoms with Crippen molar-refractivity contribution >= 4 is 11.6 Å². The molecule has 86 valence electrons. The van der Waals surface area contributed by atoms with Gasteiger partial charge in [-0.25, -0.2) is 8.78 Å². The lowest BCUT2D eigenvalue weighted by Gasteiger charge is -2.16. The molecule has 0 radical (unpaired) electrons. The van der Waals surface area contributed by atoms with E-state index >= 15 is 0 Å². The molecule has 1 fully saturated rings. The molecule has 1 aliphatic rings. The van der Waals surface area contributed by atoms with E-state index < -0.39 is 11.6 Å². The molecule has 1 aliphatic heterocycles. The Bertz CT molecular complexity index is 422. The Labute approximate surface area is 92.1 Å². The molecule has 1 heterocycles. The minimum atomic E-state index is -0.932. The van der Waals surface area contributed by atoms with E-state index in [1.807, 2.05) is 0 Å². The molecule has 0 aliphatic carbocycles. The van der Waals surface area contributed by atoms with Crippen molar-refractivity contribution in [3.05, 3.63) is 29.8 Å². The minimum Gasteiger partial charge on any atom is -0.311 e. The Balaban J connectivity index is 2.25. The van der Waals surface area contributed by atoms with Crippen LogP contribution in [0.3, 0.4) is 0 Å². The quantitative estimate of drug-likeness (QED) is 0.824. The Morgan fingerprint density at radius 3 is 2.69 bits per heavy atom. The van der Waals surface area contributed by atoms with Crippen LogP contribution in [0.25, 0.3) is 0 Å². The Hall–Kier alpha value is -1.49. The summed E-state index contributed by atoms with van der Waals surface area (Å²) < 4.78 is 25.7. The first kappa shape index (κ1) is 11.0. The maximum Gasteiger partial charge on any atom is 0.244 e. The standard InChI is InChI=1S/C11H12F2N2O/c1-14-10-4-5-15(11(10)16)7-2-3-8(12)9(13)6-7/h2-3,6,10,14H,4-5H2,1H3. The molecule has 0 spiro atoms. The highest BCUT2D eigenvalue weighted by Crippen LogP contribution is 2.23. The van der Waals surface area contributed by atoms with Gasteiger partial charge in [0.25, 0.3) is 0 Å². The zero-order chi connectivity index (χ0) is 11.7. The second-order valence-electron chi connectivity index (χ2n) is 3.72. The van der Waals surface area contributed by atoms with Gasteiger partial charge in [0.2, 0.25) is 5.91 Å². The van der Waals surface area contributed by atoms with Gasteiger partial charge in [-0.2, -0.15) is 0 Å². The number of rotatable bonds is 2. The van der Waals surface area contributed by atoms with Crippen molar-refractivity contribution in [2.45, 2.75) is 12.5 Å². The maximum atomic E-state index is 13.0. The molecule has 1 N–H and O–H groups in total. The number of hydrogen-bond acceptors (Lipinski definition) is 2. The lowest BCUT2D eigenvalue weighted by atomic mass is 10.2. The number of hydrogen-bond donors (Lipinski definition) is 1. The van der Waals surface area contributed by atoms with Crippen LogP contribution in [0.4, 0.5) is 14.5 Å². The fraction of sp³-hybridized carbons (Fsp3) is 0.364. The number of benzene rings is 1. The van der Waals surface area contributed by atoms with Gasteiger partial charge >= 0.3 is 0 Å². The second-order valence-corrected chi connectivity index (χ2v) is 3.72. The third-order valence-electron chi connectivity index (χ3n) is 2.77. The molecule has 1 aromatic rings. The molecular weight excluding hydrogens is 214 g/mol. The largest absolute Gasteiger partial charge is 0.311 e. The van der Waals surface area contributed by atoms with Crippen molar-refractivity contribution in [2.24, 2.45) is 0 Å². The molecule has 1 amide bonds. The third kappa shape index (κ3) is 1.78. The van der Waals surface area contributed by atoms with Gasteiger partial charge in [0.05, 0.1) is 6.04 Å². The molecular formula is C11H12F2N2O. The number of carbonyl (C=O) groups is 1. The Kier molecular flexibility index (Phi) is 2.87. The van der Waals surface area contributed by atoms with Crippen LogP contribution in [0.1, 0.15) is 6.42 Å². The van der Waals surface area contributed by atoms with E-state index in [1.165, 1.54) is 11.0 Å².